The Balaban J connectivity index is 2.04. The third-order valence-electron chi connectivity index (χ3n) is 5.76. The Morgan fingerprint density at radius 2 is 1.96 bits per heavy atom. The van der Waals surface area contributed by atoms with Crippen molar-refractivity contribution in [2.24, 2.45) is 0 Å². The van der Waals surface area contributed by atoms with E-state index in [0.29, 0.717) is 19.8 Å². The van der Waals surface area contributed by atoms with Crippen molar-refractivity contribution in [3.8, 4) is 16.9 Å². The largest absolute Gasteiger partial charge is 0.481 e. The molecule has 0 saturated heterocycles. The van der Waals surface area contributed by atoms with E-state index in [2.05, 4.69) is 39.0 Å². The minimum Gasteiger partial charge on any atom is -0.481 e. The molecule has 1 aliphatic heterocycles. The first kappa shape index (κ1) is 20.8. The maximum Gasteiger partial charge on any atom is 0.162 e. The molecule has 0 saturated carbocycles. The second kappa shape index (κ2) is 8.64. The van der Waals surface area contributed by atoms with Crippen LogP contribution in [0.5, 0.6) is 5.75 Å². The summed E-state index contributed by atoms with van der Waals surface area (Å²) in [6.07, 6.45) is 0.694. The van der Waals surface area contributed by atoms with Crippen molar-refractivity contribution in [3.05, 3.63) is 52.6 Å². The molecule has 0 spiro atoms. The van der Waals surface area contributed by atoms with Gasteiger partial charge in [0.15, 0.2) is 5.60 Å². The highest BCUT2D eigenvalue weighted by atomic mass is 16.6. The van der Waals surface area contributed by atoms with Crippen molar-refractivity contribution in [2.75, 3.05) is 19.8 Å². The van der Waals surface area contributed by atoms with Crippen LogP contribution in [0, 0.1) is 13.8 Å². The van der Waals surface area contributed by atoms with Gasteiger partial charge in [0.05, 0.1) is 19.3 Å². The Morgan fingerprint density at radius 3 is 2.64 bits per heavy atom. The maximum absolute atomic E-state index is 9.52. The van der Waals surface area contributed by atoms with Crippen LogP contribution in [0.15, 0.2) is 30.3 Å². The van der Waals surface area contributed by atoms with Gasteiger partial charge in [-0.3, -0.25) is 0 Å². The summed E-state index contributed by atoms with van der Waals surface area (Å²) in [5.74, 6) is 0.934. The van der Waals surface area contributed by atoms with Gasteiger partial charge in [-0.15, -0.1) is 0 Å². The van der Waals surface area contributed by atoms with Crippen LogP contribution >= 0.6 is 0 Å². The summed E-state index contributed by atoms with van der Waals surface area (Å²) in [5, 5.41) is 9.52. The minimum absolute atomic E-state index is 0.0450. The second-order valence-corrected chi connectivity index (χ2v) is 7.61. The van der Waals surface area contributed by atoms with Gasteiger partial charge in [0.1, 0.15) is 5.75 Å². The Labute approximate surface area is 168 Å². The molecule has 2 aromatic rings. The van der Waals surface area contributed by atoms with E-state index < -0.39 is 5.60 Å². The molecule has 3 rings (SSSR count). The van der Waals surface area contributed by atoms with Crippen LogP contribution in [0.4, 0.5) is 0 Å². The van der Waals surface area contributed by atoms with E-state index in [1.54, 1.807) is 0 Å². The number of rotatable bonds is 8. The van der Waals surface area contributed by atoms with Crippen LogP contribution < -0.4 is 4.74 Å². The monoisotopic (exact) mass is 384 g/mol. The van der Waals surface area contributed by atoms with Gasteiger partial charge >= 0.3 is 0 Å². The molecule has 1 aliphatic rings. The molecule has 1 heterocycles. The molecule has 1 N–H and O–H groups in total. The first-order valence-electron chi connectivity index (χ1n) is 10.2. The standard InChI is InChI=1S/C24H32O4/c1-6-26-15-24(18(5)27-7-2)13-21-17(4)23(16(3)11-22(21)28-24)20-10-8-9-19(12-20)14-25/h8-12,18,25H,6-7,13-15H2,1-5H3/t18-,24?/m1/s1. The number of benzene rings is 2. The Bertz CT molecular complexity index is 830. The molecular formula is C24H32O4. The van der Waals surface area contributed by atoms with Gasteiger partial charge in [-0.2, -0.15) is 0 Å². The summed E-state index contributed by atoms with van der Waals surface area (Å²) in [5.41, 5.74) is 6.38. The molecule has 2 aromatic carbocycles. The quantitative estimate of drug-likeness (QED) is 0.723. The van der Waals surface area contributed by atoms with Gasteiger partial charge in [0, 0.05) is 25.2 Å². The number of aryl methyl sites for hydroxylation is 1. The van der Waals surface area contributed by atoms with Crippen molar-refractivity contribution < 1.29 is 19.3 Å². The van der Waals surface area contributed by atoms with E-state index in [4.69, 9.17) is 14.2 Å². The molecule has 0 aliphatic carbocycles. The number of aliphatic hydroxyl groups excluding tert-OH is 1. The zero-order valence-electron chi connectivity index (χ0n) is 17.7. The first-order valence-corrected chi connectivity index (χ1v) is 10.2. The molecule has 28 heavy (non-hydrogen) atoms. The molecule has 152 valence electrons. The summed E-state index contributed by atoms with van der Waals surface area (Å²) in [7, 11) is 0. The molecule has 4 heteroatoms. The lowest BCUT2D eigenvalue weighted by Crippen LogP contribution is -2.50. The topological polar surface area (TPSA) is 47.9 Å². The van der Waals surface area contributed by atoms with Gasteiger partial charge in [-0.1, -0.05) is 18.2 Å². The highest BCUT2D eigenvalue weighted by Gasteiger charge is 2.46. The normalized spacial score (nSPS) is 19.4. The fourth-order valence-corrected chi connectivity index (χ4v) is 4.22. The number of hydrogen-bond acceptors (Lipinski definition) is 4. The highest BCUT2D eigenvalue weighted by Crippen LogP contribution is 2.44. The van der Waals surface area contributed by atoms with Crippen molar-refractivity contribution in [2.45, 2.75) is 59.4 Å². The lowest BCUT2D eigenvalue weighted by molar-refractivity contribution is -0.107. The molecular weight excluding hydrogens is 352 g/mol. The maximum atomic E-state index is 9.52. The van der Waals surface area contributed by atoms with Crippen molar-refractivity contribution in [3.63, 3.8) is 0 Å². The van der Waals surface area contributed by atoms with Crippen molar-refractivity contribution >= 4 is 0 Å². The fraction of sp³-hybridized carbons (Fsp3) is 0.500. The molecule has 2 atom stereocenters. The Kier molecular flexibility index (Phi) is 6.43. The molecule has 0 fully saturated rings. The number of fused-ring (bicyclic) bond motifs is 1. The fourth-order valence-electron chi connectivity index (χ4n) is 4.22. The second-order valence-electron chi connectivity index (χ2n) is 7.61. The molecule has 0 radical (unpaired) electrons. The van der Waals surface area contributed by atoms with Crippen LogP contribution in [-0.2, 0) is 22.5 Å². The van der Waals surface area contributed by atoms with Crippen molar-refractivity contribution in [1.29, 1.82) is 0 Å². The van der Waals surface area contributed by atoms with Gasteiger partial charge < -0.3 is 19.3 Å². The van der Waals surface area contributed by atoms with E-state index in [-0.39, 0.29) is 12.7 Å². The van der Waals surface area contributed by atoms with Gasteiger partial charge in [0.25, 0.3) is 0 Å². The SMILES string of the molecule is CCOCC1([C@@H](C)OCC)Cc2c(cc(C)c(-c3cccc(CO)c3)c2C)O1. The van der Waals surface area contributed by atoms with Crippen LogP contribution in [0.3, 0.4) is 0 Å². The number of aliphatic hydroxyl groups is 1. The van der Waals surface area contributed by atoms with Gasteiger partial charge in [-0.05, 0) is 74.6 Å². The number of ether oxygens (including phenoxy) is 3. The lowest BCUT2D eigenvalue weighted by atomic mass is 9.86. The van der Waals surface area contributed by atoms with Crippen LogP contribution in [-0.4, -0.2) is 36.6 Å². The summed E-state index contributed by atoms with van der Waals surface area (Å²) in [6.45, 7) is 12.2. The summed E-state index contributed by atoms with van der Waals surface area (Å²) in [4.78, 5) is 0. The highest BCUT2D eigenvalue weighted by molar-refractivity contribution is 5.75. The molecule has 1 unspecified atom stereocenters. The number of hydrogen-bond donors (Lipinski definition) is 1. The lowest BCUT2D eigenvalue weighted by Gasteiger charge is -2.34. The zero-order valence-corrected chi connectivity index (χ0v) is 17.7. The Hall–Kier alpha value is -1.88. The van der Waals surface area contributed by atoms with E-state index in [1.807, 2.05) is 26.0 Å². The zero-order chi connectivity index (χ0) is 20.3. The smallest absolute Gasteiger partial charge is 0.162 e. The summed E-state index contributed by atoms with van der Waals surface area (Å²) in [6, 6.07) is 10.2. The molecule has 0 aromatic heterocycles. The predicted molar refractivity (Wildman–Crippen MR) is 112 cm³/mol. The van der Waals surface area contributed by atoms with Gasteiger partial charge in [-0.25, -0.2) is 0 Å². The van der Waals surface area contributed by atoms with E-state index >= 15 is 0 Å². The van der Waals surface area contributed by atoms with Crippen LogP contribution in [0.25, 0.3) is 11.1 Å². The average molecular weight is 385 g/mol. The van der Waals surface area contributed by atoms with E-state index in [1.165, 1.54) is 22.3 Å². The first-order chi connectivity index (χ1) is 13.5. The van der Waals surface area contributed by atoms with Crippen molar-refractivity contribution in [1.82, 2.24) is 0 Å². The third kappa shape index (κ3) is 3.82. The van der Waals surface area contributed by atoms with Crippen LogP contribution in [0.2, 0.25) is 0 Å². The third-order valence-corrected chi connectivity index (χ3v) is 5.76. The van der Waals surface area contributed by atoms with Crippen LogP contribution in [0.1, 0.15) is 43.0 Å². The Morgan fingerprint density at radius 1 is 1.18 bits per heavy atom. The van der Waals surface area contributed by atoms with E-state index in [9.17, 15) is 5.11 Å². The molecule has 0 amide bonds. The minimum atomic E-state index is -0.503. The summed E-state index contributed by atoms with van der Waals surface area (Å²) < 4.78 is 18.3. The van der Waals surface area contributed by atoms with Gasteiger partial charge in [0.2, 0.25) is 0 Å². The average Bonchev–Trinajstić information content (AvgIpc) is 3.07. The molecule has 4 nitrogen and oxygen atoms in total. The molecule has 0 bridgehead atoms. The van der Waals surface area contributed by atoms with E-state index in [0.717, 1.165) is 23.3 Å². The summed E-state index contributed by atoms with van der Waals surface area (Å²) >= 11 is 0. The predicted octanol–water partition coefficient (Wildman–Crippen LogP) is 4.60.